The number of allylic oxidation sites excluding steroid dienone is 1. The first-order chi connectivity index (χ1) is 29.8. The van der Waals surface area contributed by atoms with Crippen molar-refractivity contribution >= 4 is 61.2 Å². The van der Waals surface area contributed by atoms with Gasteiger partial charge in [-0.15, -0.1) is 0 Å². The van der Waals surface area contributed by atoms with Gasteiger partial charge in [0, 0.05) is 86.9 Å². The number of halogens is 1. The van der Waals surface area contributed by atoms with Crippen LogP contribution in [-0.2, 0) is 14.8 Å². The number of hydrogen-bond donors (Lipinski definition) is 3. The molecule has 4 heterocycles. The maximum Gasteiger partial charge on any atom is 0.293 e. The van der Waals surface area contributed by atoms with Crippen LogP contribution in [0.4, 0.5) is 17.1 Å². The number of sulfonamides is 1. The number of aromatic amines is 1. The van der Waals surface area contributed by atoms with Crippen LogP contribution in [-0.4, -0.2) is 86.6 Å². The largest absolute Gasteiger partial charge is 0.455 e. The van der Waals surface area contributed by atoms with Crippen LogP contribution in [0.15, 0.2) is 95.7 Å². The summed E-state index contributed by atoms with van der Waals surface area (Å²) in [5.41, 5.74) is 5.56. The zero-order valence-electron chi connectivity index (χ0n) is 35.0. The molecule has 14 nitrogen and oxygen atoms in total. The SMILES string of the molecule is CC1(C)CCC(CN2CCN(c3ccc(C(=O)NS(=O)(=O)c4ccc(NC[C@H]5CCCOCC5)c([N+](=O)[O-])c4)c(Oc4cnc5[nH]ccc5c4)c3)CC2)=C(c2ccc(Cl)cc2)C1. The average Bonchev–Trinajstić information content (AvgIpc) is 3.56. The van der Waals surface area contributed by atoms with Gasteiger partial charge in [-0.1, -0.05) is 43.2 Å². The van der Waals surface area contributed by atoms with E-state index in [0.29, 0.717) is 31.2 Å². The topological polar surface area (TPSA) is 172 Å². The molecule has 0 bridgehead atoms. The highest BCUT2D eigenvalue weighted by Gasteiger charge is 2.31. The van der Waals surface area contributed by atoms with Gasteiger partial charge in [-0.3, -0.25) is 19.8 Å². The normalized spacial score (nSPS) is 18.6. The first-order valence-corrected chi connectivity index (χ1v) is 23.0. The molecular weight excluding hydrogens is 830 g/mol. The van der Waals surface area contributed by atoms with Gasteiger partial charge in [-0.2, -0.15) is 0 Å². The molecule has 2 fully saturated rings. The number of aromatic nitrogens is 2. The Morgan fingerprint density at radius 2 is 1.84 bits per heavy atom. The minimum Gasteiger partial charge on any atom is -0.455 e. The van der Waals surface area contributed by atoms with Crippen molar-refractivity contribution in [1.82, 2.24) is 19.6 Å². The predicted octanol–water partition coefficient (Wildman–Crippen LogP) is 9.05. The molecule has 62 heavy (non-hydrogen) atoms. The number of fused-ring (bicyclic) bond motifs is 1. The molecule has 1 amide bonds. The van der Waals surface area contributed by atoms with Gasteiger partial charge in [0.15, 0.2) is 0 Å². The van der Waals surface area contributed by atoms with Gasteiger partial charge in [0.2, 0.25) is 0 Å². The molecule has 2 aromatic heterocycles. The Kier molecular flexibility index (Phi) is 12.9. The third-order valence-electron chi connectivity index (χ3n) is 12.2. The van der Waals surface area contributed by atoms with Crippen LogP contribution in [0, 0.1) is 21.4 Å². The number of hydrogen-bond acceptors (Lipinski definition) is 11. The average molecular weight is 882 g/mol. The van der Waals surface area contributed by atoms with Crippen LogP contribution < -0.4 is 19.7 Å². The number of carbonyl (C=O) groups is 1. The van der Waals surface area contributed by atoms with Gasteiger partial charge in [-0.25, -0.2) is 18.1 Å². The fourth-order valence-electron chi connectivity index (χ4n) is 8.62. The third-order valence-corrected chi connectivity index (χ3v) is 13.8. The van der Waals surface area contributed by atoms with E-state index in [4.69, 9.17) is 21.1 Å². The number of benzene rings is 3. The third kappa shape index (κ3) is 10.2. The lowest BCUT2D eigenvalue weighted by atomic mass is 9.72. The zero-order valence-corrected chi connectivity index (χ0v) is 36.6. The highest BCUT2D eigenvalue weighted by Crippen LogP contribution is 2.43. The number of nitro groups is 1. The van der Waals surface area contributed by atoms with Gasteiger partial charge in [0.25, 0.3) is 21.6 Å². The van der Waals surface area contributed by atoms with E-state index in [1.807, 2.05) is 18.2 Å². The van der Waals surface area contributed by atoms with E-state index >= 15 is 0 Å². The summed E-state index contributed by atoms with van der Waals surface area (Å²) in [5, 5.41) is 16.8. The molecule has 0 spiro atoms. The maximum absolute atomic E-state index is 13.9. The van der Waals surface area contributed by atoms with Crippen molar-refractivity contribution in [3.05, 3.63) is 117 Å². The summed E-state index contributed by atoms with van der Waals surface area (Å²) in [7, 11) is -4.56. The summed E-state index contributed by atoms with van der Waals surface area (Å²) in [6.07, 6.45) is 9.13. The summed E-state index contributed by atoms with van der Waals surface area (Å²) in [5.74, 6) is -0.203. The van der Waals surface area contributed by atoms with E-state index in [0.717, 1.165) is 93.4 Å². The van der Waals surface area contributed by atoms with Crippen LogP contribution >= 0.6 is 11.6 Å². The second kappa shape index (κ2) is 18.5. The lowest BCUT2D eigenvalue weighted by Gasteiger charge is -2.39. The lowest BCUT2D eigenvalue weighted by Crippen LogP contribution is -2.47. The minimum atomic E-state index is -4.56. The van der Waals surface area contributed by atoms with Gasteiger partial charge < -0.3 is 24.7 Å². The molecule has 0 saturated carbocycles. The highest BCUT2D eigenvalue weighted by atomic mass is 35.5. The monoisotopic (exact) mass is 881 g/mol. The Bertz CT molecular complexity index is 2580. The van der Waals surface area contributed by atoms with E-state index in [1.54, 1.807) is 30.5 Å². The second-order valence-electron chi connectivity index (χ2n) is 17.2. The maximum atomic E-state index is 13.9. The predicted molar refractivity (Wildman–Crippen MR) is 242 cm³/mol. The number of nitrogens with one attached hydrogen (secondary N) is 3. The highest BCUT2D eigenvalue weighted by molar-refractivity contribution is 7.90. The van der Waals surface area contributed by atoms with Crippen LogP contribution in [0.5, 0.6) is 11.5 Å². The summed E-state index contributed by atoms with van der Waals surface area (Å²) in [4.78, 5) is 37.2. The van der Waals surface area contributed by atoms with Crippen molar-refractivity contribution < 1.29 is 27.6 Å². The van der Waals surface area contributed by atoms with Crippen LogP contribution in [0.3, 0.4) is 0 Å². The van der Waals surface area contributed by atoms with Crippen molar-refractivity contribution in [2.75, 3.05) is 62.7 Å². The molecule has 16 heteroatoms. The lowest BCUT2D eigenvalue weighted by molar-refractivity contribution is -0.384. The Morgan fingerprint density at radius 3 is 2.63 bits per heavy atom. The number of nitro benzene ring substituents is 1. The Hall–Kier alpha value is -5.48. The number of pyridine rings is 1. The first kappa shape index (κ1) is 43.2. The van der Waals surface area contributed by atoms with Crippen LogP contribution in [0.25, 0.3) is 16.6 Å². The molecule has 3 aliphatic rings. The minimum absolute atomic E-state index is 0.0350. The quantitative estimate of drug-likeness (QED) is 0.0761. The summed E-state index contributed by atoms with van der Waals surface area (Å²) < 4.78 is 41.4. The number of carbonyl (C=O) groups excluding carboxylic acids is 1. The Morgan fingerprint density at radius 1 is 1.03 bits per heavy atom. The molecule has 0 radical (unpaired) electrons. The molecule has 0 unspecified atom stereocenters. The van der Waals surface area contributed by atoms with Crippen molar-refractivity contribution in [3.8, 4) is 11.5 Å². The van der Waals surface area contributed by atoms with Crippen molar-refractivity contribution in [2.24, 2.45) is 11.3 Å². The Balaban J connectivity index is 1.000. The fourth-order valence-corrected chi connectivity index (χ4v) is 9.74. The standard InChI is InChI=1S/C46H52ClN7O7S/c1-46(2)16-13-34(40(27-46)32-5-7-35(47)8-6-32)30-52-18-20-53(21-19-52)36-9-11-39(43(25-36)61-37-24-33-14-17-48-44(33)50-29-37)45(55)51-62(58,59)38-10-12-41(42(26-38)54(56)57)49-28-31-4-3-22-60-23-15-31/h5-12,14,17,24-26,29,31,49H,3-4,13,15-16,18-23,27-28,30H2,1-2H3,(H,48,50)(H,51,55)/t31-/m0/s1. The molecule has 1 aliphatic carbocycles. The first-order valence-electron chi connectivity index (χ1n) is 21.2. The van der Waals surface area contributed by atoms with Gasteiger partial charge in [-0.05, 0) is 110 Å². The number of piperazine rings is 1. The van der Waals surface area contributed by atoms with Gasteiger partial charge in [0.1, 0.15) is 22.8 Å². The van der Waals surface area contributed by atoms with Crippen molar-refractivity contribution in [3.63, 3.8) is 0 Å². The molecule has 3 aromatic carbocycles. The fraction of sp³-hybridized carbons (Fsp3) is 0.391. The van der Waals surface area contributed by atoms with Crippen molar-refractivity contribution in [2.45, 2.75) is 57.3 Å². The van der Waals surface area contributed by atoms with E-state index in [-0.39, 0.29) is 28.3 Å². The summed E-state index contributed by atoms with van der Waals surface area (Å²) >= 11 is 6.24. The molecule has 326 valence electrons. The Labute approximate surface area is 366 Å². The van der Waals surface area contributed by atoms with E-state index in [2.05, 4.69) is 55.8 Å². The molecule has 5 aromatic rings. The van der Waals surface area contributed by atoms with Crippen molar-refractivity contribution in [1.29, 1.82) is 0 Å². The number of nitrogens with zero attached hydrogens (tertiary/aromatic N) is 4. The van der Waals surface area contributed by atoms with E-state index in [9.17, 15) is 23.3 Å². The van der Waals surface area contributed by atoms with E-state index < -0.39 is 31.4 Å². The zero-order chi connectivity index (χ0) is 43.4. The molecular formula is C46H52ClN7O7S. The second-order valence-corrected chi connectivity index (χ2v) is 19.3. The number of ether oxygens (including phenoxy) is 2. The molecule has 8 rings (SSSR count). The summed E-state index contributed by atoms with van der Waals surface area (Å²) in [6, 6.07) is 20.5. The van der Waals surface area contributed by atoms with Crippen LogP contribution in [0.1, 0.15) is 68.3 Å². The molecule has 1 atom stereocenters. The molecule has 2 aliphatic heterocycles. The van der Waals surface area contributed by atoms with E-state index in [1.165, 1.54) is 35.0 Å². The van der Waals surface area contributed by atoms with Crippen LogP contribution in [0.2, 0.25) is 5.02 Å². The smallest absolute Gasteiger partial charge is 0.293 e. The van der Waals surface area contributed by atoms with Gasteiger partial charge >= 0.3 is 0 Å². The number of H-pyrrole nitrogens is 1. The summed E-state index contributed by atoms with van der Waals surface area (Å²) in [6.45, 7) is 10.4. The van der Waals surface area contributed by atoms with Gasteiger partial charge in [0.05, 0.1) is 21.6 Å². The number of rotatable bonds is 13. The number of anilines is 2. The number of amides is 1. The molecule has 3 N–H and O–H groups in total. The molecule has 2 saturated heterocycles.